The minimum absolute atomic E-state index is 0.0370. The second kappa shape index (κ2) is 3.69. The minimum Gasteiger partial charge on any atom is -0.383 e. The molecule has 0 atom stereocenters. The van der Waals surface area contributed by atoms with Crippen molar-refractivity contribution in [2.24, 2.45) is 0 Å². The molecule has 17 heavy (non-hydrogen) atoms. The molecule has 0 bridgehead atoms. The zero-order chi connectivity index (χ0) is 12.8. The van der Waals surface area contributed by atoms with Crippen LogP contribution in [0.1, 0.15) is 64.5 Å². The Kier molecular flexibility index (Phi) is 2.68. The molecule has 0 radical (unpaired) electrons. The van der Waals surface area contributed by atoms with Crippen LogP contribution < -0.4 is 5.73 Å². The molecule has 0 aromatic carbocycles. The van der Waals surface area contributed by atoms with Crippen molar-refractivity contribution in [2.75, 3.05) is 5.73 Å². The van der Waals surface area contributed by atoms with Gasteiger partial charge in [0.05, 0.1) is 0 Å². The molecule has 0 amide bonds. The van der Waals surface area contributed by atoms with Crippen molar-refractivity contribution < 1.29 is 0 Å². The average molecular weight is 233 g/mol. The smallest absolute Gasteiger partial charge is 0.136 e. The van der Waals surface area contributed by atoms with Crippen LogP contribution in [0.3, 0.4) is 0 Å². The van der Waals surface area contributed by atoms with E-state index >= 15 is 0 Å². The molecule has 2 rings (SSSR count). The normalized spacial score (nSPS) is 18.9. The fraction of sp³-hybridized carbons (Fsp3) is 0.714. The highest BCUT2D eigenvalue weighted by Gasteiger charge is 2.32. The van der Waals surface area contributed by atoms with Crippen LogP contribution in [0.5, 0.6) is 0 Å². The van der Waals surface area contributed by atoms with Crippen LogP contribution in [-0.4, -0.2) is 9.97 Å². The van der Waals surface area contributed by atoms with Crippen molar-refractivity contribution in [2.45, 2.75) is 64.7 Å². The molecule has 3 nitrogen and oxygen atoms in total. The summed E-state index contributed by atoms with van der Waals surface area (Å²) in [6.45, 7) is 10.9. The van der Waals surface area contributed by atoms with E-state index in [2.05, 4.69) is 39.6 Å². The third kappa shape index (κ3) is 2.15. The lowest BCUT2D eigenvalue weighted by Crippen LogP contribution is -2.29. The lowest BCUT2D eigenvalue weighted by atomic mass is 9.74. The van der Waals surface area contributed by atoms with E-state index in [9.17, 15) is 0 Å². The number of nitrogen functional groups attached to an aromatic ring is 1. The van der Waals surface area contributed by atoms with E-state index in [1.807, 2.05) is 0 Å². The first-order chi connectivity index (χ1) is 7.72. The number of rotatable bonds is 0. The van der Waals surface area contributed by atoms with E-state index in [4.69, 9.17) is 10.7 Å². The number of aromatic nitrogens is 2. The molecular weight excluding hydrogens is 210 g/mol. The van der Waals surface area contributed by atoms with Crippen LogP contribution in [0.2, 0.25) is 0 Å². The Balaban J connectivity index is 2.60. The van der Waals surface area contributed by atoms with Gasteiger partial charge in [-0.1, -0.05) is 34.6 Å². The van der Waals surface area contributed by atoms with Crippen molar-refractivity contribution in [1.82, 2.24) is 9.97 Å². The molecule has 1 aromatic rings. The SMILES string of the molecule is CC(C)(C)c1nc(N)c2c(n1)CCCC2(C)C. The number of hydrogen-bond acceptors (Lipinski definition) is 3. The maximum absolute atomic E-state index is 6.16. The van der Waals surface area contributed by atoms with E-state index in [0.29, 0.717) is 5.82 Å². The van der Waals surface area contributed by atoms with Gasteiger partial charge < -0.3 is 5.73 Å². The van der Waals surface area contributed by atoms with Gasteiger partial charge in [0.1, 0.15) is 11.6 Å². The van der Waals surface area contributed by atoms with Crippen LogP contribution in [0, 0.1) is 0 Å². The highest BCUT2D eigenvalue weighted by molar-refractivity contribution is 5.49. The first kappa shape index (κ1) is 12.3. The predicted molar refractivity (Wildman–Crippen MR) is 71.1 cm³/mol. The van der Waals surface area contributed by atoms with Gasteiger partial charge in [0.15, 0.2) is 0 Å². The van der Waals surface area contributed by atoms with Crippen LogP contribution in [0.4, 0.5) is 5.82 Å². The molecule has 1 aliphatic carbocycles. The maximum atomic E-state index is 6.16. The summed E-state index contributed by atoms with van der Waals surface area (Å²) < 4.78 is 0. The summed E-state index contributed by atoms with van der Waals surface area (Å²) in [5, 5.41) is 0. The van der Waals surface area contributed by atoms with Gasteiger partial charge in [-0.3, -0.25) is 0 Å². The Hall–Kier alpha value is -1.12. The molecule has 1 aliphatic rings. The van der Waals surface area contributed by atoms with E-state index in [-0.39, 0.29) is 10.8 Å². The molecule has 0 spiro atoms. The number of nitrogens with two attached hydrogens (primary N) is 1. The van der Waals surface area contributed by atoms with Crippen molar-refractivity contribution in [3.05, 3.63) is 17.1 Å². The zero-order valence-electron chi connectivity index (χ0n) is 11.6. The first-order valence-electron chi connectivity index (χ1n) is 6.39. The third-order valence-corrected chi connectivity index (χ3v) is 3.57. The maximum Gasteiger partial charge on any atom is 0.136 e. The molecule has 0 saturated carbocycles. The summed E-state index contributed by atoms with van der Waals surface area (Å²) in [5.74, 6) is 1.55. The number of aryl methyl sites for hydroxylation is 1. The van der Waals surface area contributed by atoms with Crippen LogP contribution in [0.25, 0.3) is 0 Å². The number of fused-ring (bicyclic) bond motifs is 1. The summed E-state index contributed by atoms with van der Waals surface area (Å²) >= 11 is 0. The Bertz CT molecular complexity index is 442. The molecule has 2 N–H and O–H groups in total. The standard InChI is InChI=1S/C14H23N3/c1-13(2,3)12-16-9-7-6-8-14(4,5)10(9)11(15)17-12/h6-8H2,1-5H3,(H2,15,16,17). The highest BCUT2D eigenvalue weighted by Crippen LogP contribution is 2.39. The Morgan fingerprint density at radius 3 is 2.41 bits per heavy atom. The van der Waals surface area contributed by atoms with Gasteiger partial charge in [-0.2, -0.15) is 0 Å². The zero-order valence-corrected chi connectivity index (χ0v) is 11.6. The minimum atomic E-state index is -0.0370. The summed E-state index contributed by atoms with van der Waals surface area (Å²) in [6, 6.07) is 0. The topological polar surface area (TPSA) is 51.8 Å². The molecule has 1 aromatic heterocycles. The van der Waals surface area contributed by atoms with E-state index in [1.54, 1.807) is 0 Å². The summed E-state index contributed by atoms with van der Waals surface area (Å²) in [6.07, 6.45) is 3.40. The summed E-state index contributed by atoms with van der Waals surface area (Å²) in [4.78, 5) is 9.27. The molecule has 3 heteroatoms. The molecule has 94 valence electrons. The van der Waals surface area contributed by atoms with Gasteiger partial charge in [-0.25, -0.2) is 9.97 Å². The van der Waals surface area contributed by atoms with Crippen LogP contribution in [-0.2, 0) is 17.3 Å². The van der Waals surface area contributed by atoms with Gasteiger partial charge in [-0.15, -0.1) is 0 Å². The quantitative estimate of drug-likeness (QED) is 0.749. The van der Waals surface area contributed by atoms with E-state index in [0.717, 1.165) is 12.2 Å². The second-order valence-corrected chi connectivity index (χ2v) is 6.74. The van der Waals surface area contributed by atoms with Crippen molar-refractivity contribution >= 4 is 5.82 Å². The molecular formula is C14H23N3. The van der Waals surface area contributed by atoms with E-state index in [1.165, 1.54) is 24.1 Å². The van der Waals surface area contributed by atoms with Crippen LogP contribution >= 0.6 is 0 Å². The monoisotopic (exact) mass is 233 g/mol. The third-order valence-electron chi connectivity index (χ3n) is 3.57. The summed E-state index contributed by atoms with van der Waals surface area (Å²) in [5.41, 5.74) is 8.59. The molecule has 0 unspecified atom stereocenters. The van der Waals surface area contributed by atoms with Crippen molar-refractivity contribution in [3.63, 3.8) is 0 Å². The molecule has 1 heterocycles. The van der Waals surface area contributed by atoms with Crippen molar-refractivity contribution in [3.8, 4) is 0 Å². The van der Waals surface area contributed by atoms with Gasteiger partial charge in [0.25, 0.3) is 0 Å². The van der Waals surface area contributed by atoms with E-state index < -0.39 is 0 Å². The Labute approximate surface area is 104 Å². The van der Waals surface area contributed by atoms with Gasteiger partial charge in [-0.05, 0) is 24.7 Å². The largest absolute Gasteiger partial charge is 0.383 e. The Morgan fingerprint density at radius 2 is 1.82 bits per heavy atom. The molecule has 0 saturated heterocycles. The number of hydrogen-bond donors (Lipinski definition) is 1. The van der Waals surface area contributed by atoms with Gasteiger partial charge >= 0.3 is 0 Å². The average Bonchev–Trinajstić information content (AvgIpc) is 2.14. The number of anilines is 1. The lowest BCUT2D eigenvalue weighted by molar-refractivity contribution is 0.420. The molecule has 0 aliphatic heterocycles. The fourth-order valence-corrected chi connectivity index (χ4v) is 2.60. The first-order valence-corrected chi connectivity index (χ1v) is 6.39. The molecule has 0 fully saturated rings. The number of nitrogens with zero attached hydrogens (tertiary/aromatic N) is 2. The lowest BCUT2D eigenvalue weighted by Gasteiger charge is -2.33. The Morgan fingerprint density at radius 1 is 1.18 bits per heavy atom. The van der Waals surface area contributed by atoms with Gasteiger partial charge in [0, 0.05) is 16.7 Å². The van der Waals surface area contributed by atoms with Crippen LogP contribution in [0.15, 0.2) is 0 Å². The fourth-order valence-electron chi connectivity index (χ4n) is 2.60. The highest BCUT2D eigenvalue weighted by atomic mass is 15.0. The summed E-state index contributed by atoms with van der Waals surface area (Å²) in [7, 11) is 0. The second-order valence-electron chi connectivity index (χ2n) is 6.74. The predicted octanol–water partition coefficient (Wildman–Crippen LogP) is 2.97. The van der Waals surface area contributed by atoms with Gasteiger partial charge in [0.2, 0.25) is 0 Å². The van der Waals surface area contributed by atoms with Crippen molar-refractivity contribution in [1.29, 1.82) is 0 Å².